The lowest BCUT2D eigenvalue weighted by atomic mass is 9.92. The molecule has 0 fully saturated rings. The summed E-state index contributed by atoms with van der Waals surface area (Å²) < 4.78 is 17.5. The lowest BCUT2D eigenvalue weighted by Crippen LogP contribution is -2.42. The molecule has 11 heteroatoms. The minimum Gasteiger partial charge on any atom is -0.493 e. The molecule has 0 radical (unpaired) electrons. The van der Waals surface area contributed by atoms with Gasteiger partial charge in [-0.05, 0) is 85.0 Å². The summed E-state index contributed by atoms with van der Waals surface area (Å²) in [6.45, 7) is 1.59. The number of carbonyl (C=O) groups excluding carboxylic acids is 1. The number of aliphatic imine (C=N–C) groups is 2. The molecule has 1 aromatic heterocycles. The van der Waals surface area contributed by atoms with Crippen LogP contribution in [-0.4, -0.2) is 55.5 Å². The highest BCUT2D eigenvalue weighted by Crippen LogP contribution is 2.42. The molecule has 1 atom stereocenters. The number of benzene rings is 3. The number of amides is 1. The Kier molecular flexibility index (Phi) is 9.51. The van der Waals surface area contributed by atoms with Crippen LogP contribution in [0.15, 0.2) is 70.6 Å². The molecular weight excluding hydrogens is 577 g/mol. The summed E-state index contributed by atoms with van der Waals surface area (Å²) in [7, 11) is 1.60. The molecule has 3 N–H and O–H groups in total. The third-order valence-corrected chi connectivity index (χ3v) is 7.51. The number of carbonyl (C=O) groups is 1. The van der Waals surface area contributed by atoms with E-state index in [-0.39, 0.29) is 0 Å². The van der Waals surface area contributed by atoms with Gasteiger partial charge in [0.25, 0.3) is 0 Å². The Labute approximate surface area is 253 Å². The van der Waals surface area contributed by atoms with Crippen LogP contribution in [0, 0.1) is 0 Å². The van der Waals surface area contributed by atoms with E-state index in [0.717, 1.165) is 40.6 Å². The largest absolute Gasteiger partial charge is 0.493 e. The number of nitrogens with one attached hydrogen (secondary N) is 1. The van der Waals surface area contributed by atoms with Crippen molar-refractivity contribution in [3.05, 3.63) is 87.5 Å². The first-order chi connectivity index (χ1) is 20.5. The maximum atomic E-state index is 13.6. The SMILES string of the molecule is COc1cc(C2c3[nH]c4ccc(Cl)cc4c3CCN2C(=O)Oc2ccc(Cl)cc2)ccc1OCCCCN=CN=CN. The Morgan fingerprint density at radius 1 is 1.07 bits per heavy atom. The van der Waals surface area contributed by atoms with Crippen LogP contribution in [0.4, 0.5) is 4.79 Å². The fraction of sp³-hybridized carbons (Fsp3) is 0.258. The van der Waals surface area contributed by atoms with Gasteiger partial charge in [0.1, 0.15) is 18.1 Å². The summed E-state index contributed by atoms with van der Waals surface area (Å²) >= 11 is 12.4. The molecular formula is C31H31Cl2N5O4. The number of ether oxygens (including phenoxy) is 3. The average Bonchev–Trinajstić information content (AvgIpc) is 3.37. The molecule has 1 unspecified atom stereocenters. The average molecular weight is 609 g/mol. The third-order valence-electron chi connectivity index (χ3n) is 7.02. The molecule has 0 aliphatic carbocycles. The number of nitrogens with zero attached hydrogens (tertiary/aromatic N) is 3. The van der Waals surface area contributed by atoms with Crippen molar-refractivity contribution in [2.24, 2.45) is 15.7 Å². The van der Waals surface area contributed by atoms with Gasteiger partial charge in [0.2, 0.25) is 0 Å². The predicted octanol–water partition coefficient (Wildman–Crippen LogP) is 6.80. The number of unbranched alkanes of at least 4 members (excludes halogenated alkanes) is 1. The second-order valence-electron chi connectivity index (χ2n) is 9.66. The first kappa shape index (κ1) is 29.3. The van der Waals surface area contributed by atoms with Crippen molar-refractivity contribution in [1.29, 1.82) is 0 Å². The zero-order valence-electron chi connectivity index (χ0n) is 23.1. The van der Waals surface area contributed by atoms with Crippen LogP contribution in [0.25, 0.3) is 10.9 Å². The van der Waals surface area contributed by atoms with Crippen molar-refractivity contribution < 1.29 is 19.0 Å². The van der Waals surface area contributed by atoms with E-state index in [1.807, 2.05) is 36.4 Å². The Hall–Kier alpha value is -4.21. The van der Waals surface area contributed by atoms with Crippen molar-refractivity contribution >= 4 is 52.9 Å². The second kappa shape index (κ2) is 13.6. The minimum atomic E-state index is -0.469. The summed E-state index contributed by atoms with van der Waals surface area (Å²) in [5, 5.41) is 2.26. The van der Waals surface area contributed by atoms with Crippen LogP contribution in [0.1, 0.15) is 35.7 Å². The van der Waals surface area contributed by atoms with Gasteiger partial charge in [-0.1, -0.05) is 29.3 Å². The van der Waals surface area contributed by atoms with Gasteiger partial charge in [0, 0.05) is 39.7 Å². The van der Waals surface area contributed by atoms with Gasteiger partial charge >= 0.3 is 6.09 Å². The van der Waals surface area contributed by atoms with E-state index in [4.69, 9.17) is 43.1 Å². The molecule has 1 aliphatic rings. The van der Waals surface area contributed by atoms with Gasteiger partial charge in [-0.2, -0.15) is 0 Å². The minimum absolute atomic E-state index is 0.413. The maximum Gasteiger partial charge on any atom is 0.416 e. The fourth-order valence-electron chi connectivity index (χ4n) is 5.07. The van der Waals surface area contributed by atoms with Gasteiger partial charge in [0.05, 0.1) is 20.1 Å². The van der Waals surface area contributed by atoms with Gasteiger partial charge in [-0.25, -0.2) is 9.79 Å². The standard InChI is InChI=1S/C31H31Cl2N5O4/c1-40-28-16-20(4-11-27(28)41-15-3-2-13-35-19-36-18-34)30-29-24(25-17-22(33)7-10-26(25)37-29)12-14-38(30)31(39)42-23-8-5-21(32)6-9-23/h4-11,16-19,30,37H,2-3,12-15H2,1H3,(H2,34,35,36). The Bertz CT molecular complexity index is 1600. The van der Waals surface area contributed by atoms with Crippen molar-refractivity contribution in [2.75, 3.05) is 26.8 Å². The van der Waals surface area contributed by atoms with Gasteiger partial charge in [-0.3, -0.25) is 9.89 Å². The summed E-state index contributed by atoms with van der Waals surface area (Å²) in [6.07, 6.45) is 4.47. The van der Waals surface area contributed by atoms with E-state index >= 15 is 0 Å². The number of halogens is 2. The summed E-state index contributed by atoms with van der Waals surface area (Å²) in [5.74, 6) is 1.60. The third kappa shape index (κ3) is 6.64. The van der Waals surface area contributed by atoms with E-state index in [9.17, 15) is 4.79 Å². The smallest absolute Gasteiger partial charge is 0.416 e. The molecule has 0 spiro atoms. The molecule has 5 rings (SSSR count). The molecule has 0 saturated heterocycles. The Morgan fingerprint density at radius 2 is 1.88 bits per heavy atom. The fourth-order valence-corrected chi connectivity index (χ4v) is 5.37. The van der Waals surface area contributed by atoms with E-state index in [1.165, 1.54) is 12.7 Å². The van der Waals surface area contributed by atoms with Crippen molar-refractivity contribution in [3.8, 4) is 17.2 Å². The highest BCUT2D eigenvalue weighted by atomic mass is 35.5. The number of fused-ring (bicyclic) bond motifs is 3. The lowest BCUT2D eigenvalue weighted by molar-refractivity contribution is 0.135. The van der Waals surface area contributed by atoms with Crippen LogP contribution in [0.3, 0.4) is 0 Å². The number of H-pyrrole nitrogens is 1. The molecule has 218 valence electrons. The van der Waals surface area contributed by atoms with Gasteiger partial charge in [-0.15, -0.1) is 0 Å². The number of methoxy groups -OCH3 is 1. The molecule has 1 amide bonds. The highest BCUT2D eigenvalue weighted by molar-refractivity contribution is 6.31. The maximum absolute atomic E-state index is 13.6. The molecule has 3 aromatic carbocycles. The first-order valence-corrected chi connectivity index (χ1v) is 14.3. The van der Waals surface area contributed by atoms with Crippen molar-refractivity contribution in [1.82, 2.24) is 9.88 Å². The quantitative estimate of drug-likeness (QED) is 0.117. The Balaban J connectivity index is 1.42. The second-order valence-corrected chi connectivity index (χ2v) is 10.5. The van der Waals surface area contributed by atoms with Crippen LogP contribution in [0.5, 0.6) is 17.2 Å². The molecule has 2 heterocycles. The van der Waals surface area contributed by atoms with Crippen LogP contribution in [0.2, 0.25) is 10.0 Å². The van der Waals surface area contributed by atoms with E-state index < -0.39 is 12.1 Å². The predicted molar refractivity (Wildman–Crippen MR) is 167 cm³/mol. The lowest BCUT2D eigenvalue weighted by Gasteiger charge is -2.35. The van der Waals surface area contributed by atoms with E-state index in [2.05, 4.69) is 15.0 Å². The zero-order chi connectivity index (χ0) is 29.5. The van der Waals surface area contributed by atoms with Crippen LogP contribution >= 0.6 is 23.2 Å². The summed E-state index contributed by atoms with van der Waals surface area (Å²) in [5.41, 5.74) is 9.02. The van der Waals surface area contributed by atoms with Gasteiger partial charge < -0.3 is 24.9 Å². The normalized spacial score (nSPS) is 14.9. The molecule has 4 aromatic rings. The van der Waals surface area contributed by atoms with Crippen LogP contribution < -0.4 is 19.9 Å². The molecule has 42 heavy (non-hydrogen) atoms. The number of nitrogens with two attached hydrogens (primary N) is 1. The zero-order valence-corrected chi connectivity index (χ0v) is 24.6. The number of hydrogen-bond acceptors (Lipinski definition) is 5. The number of hydrogen-bond donors (Lipinski definition) is 2. The van der Waals surface area contributed by atoms with Gasteiger partial charge in [0.15, 0.2) is 11.5 Å². The number of aromatic nitrogens is 1. The number of aromatic amines is 1. The van der Waals surface area contributed by atoms with Crippen molar-refractivity contribution in [2.45, 2.75) is 25.3 Å². The monoisotopic (exact) mass is 607 g/mol. The van der Waals surface area contributed by atoms with E-state index in [1.54, 1.807) is 36.3 Å². The summed E-state index contributed by atoms with van der Waals surface area (Å²) in [6, 6.07) is 17.8. The van der Waals surface area contributed by atoms with Crippen LogP contribution in [-0.2, 0) is 6.42 Å². The number of rotatable bonds is 10. The topological polar surface area (TPSA) is 115 Å². The molecule has 9 nitrogen and oxygen atoms in total. The molecule has 1 aliphatic heterocycles. The first-order valence-electron chi connectivity index (χ1n) is 13.5. The summed E-state index contributed by atoms with van der Waals surface area (Å²) in [4.78, 5) is 26.7. The molecule has 0 bridgehead atoms. The van der Waals surface area contributed by atoms with Crippen molar-refractivity contribution in [3.63, 3.8) is 0 Å². The molecule has 0 saturated carbocycles. The highest BCUT2D eigenvalue weighted by Gasteiger charge is 2.36. The Morgan fingerprint density at radius 3 is 2.67 bits per heavy atom. The van der Waals surface area contributed by atoms with E-state index in [0.29, 0.717) is 53.4 Å².